The van der Waals surface area contributed by atoms with Gasteiger partial charge in [0.25, 0.3) is 0 Å². The predicted molar refractivity (Wildman–Crippen MR) is 83.9 cm³/mol. The molecule has 21 heavy (non-hydrogen) atoms. The molecule has 5 nitrogen and oxygen atoms in total. The molecule has 114 valence electrons. The van der Waals surface area contributed by atoms with Gasteiger partial charge in [0.1, 0.15) is 11.9 Å². The van der Waals surface area contributed by atoms with Crippen molar-refractivity contribution < 1.29 is 14.6 Å². The molecule has 1 unspecified atom stereocenters. The maximum Gasteiger partial charge on any atom is 0.125 e. The van der Waals surface area contributed by atoms with Gasteiger partial charge in [0.05, 0.1) is 36.6 Å². The fourth-order valence-corrected chi connectivity index (χ4v) is 2.76. The van der Waals surface area contributed by atoms with E-state index in [9.17, 15) is 5.11 Å². The molecule has 1 aromatic carbocycles. The van der Waals surface area contributed by atoms with Gasteiger partial charge in [-0.05, 0) is 34.1 Å². The SMILES string of the molecule is COCCn1ncc(Br)c1C(O)c1cc(Cl)ccc1OC. The van der Waals surface area contributed by atoms with Crippen LogP contribution in [0.2, 0.25) is 5.02 Å². The maximum atomic E-state index is 10.7. The minimum absolute atomic E-state index is 0.501. The zero-order chi connectivity index (χ0) is 15.4. The summed E-state index contributed by atoms with van der Waals surface area (Å²) < 4.78 is 12.8. The number of hydrogen-bond acceptors (Lipinski definition) is 4. The highest BCUT2D eigenvalue weighted by Gasteiger charge is 2.23. The van der Waals surface area contributed by atoms with Gasteiger partial charge in [-0.3, -0.25) is 4.68 Å². The van der Waals surface area contributed by atoms with Crippen molar-refractivity contribution in [2.75, 3.05) is 20.8 Å². The fourth-order valence-electron chi connectivity index (χ4n) is 2.07. The highest BCUT2D eigenvalue weighted by Crippen LogP contribution is 2.35. The lowest BCUT2D eigenvalue weighted by Gasteiger charge is -2.17. The second-order valence-electron chi connectivity index (χ2n) is 4.38. The predicted octanol–water partition coefficient (Wildman–Crippen LogP) is 3.04. The van der Waals surface area contributed by atoms with Crippen LogP contribution in [0.4, 0.5) is 0 Å². The van der Waals surface area contributed by atoms with Gasteiger partial charge in [-0.25, -0.2) is 0 Å². The Kier molecular flexibility index (Phi) is 5.64. The Labute approximate surface area is 136 Å². The van der Waals surface area contributed by atoms with Crippen LogP contribution in [0.3, 0.4) is 0 Å². The molecule has 0 fully saturated rings. The number of rotatable bonds is 6. The first-order valence-electron chi connectivity index (χ1n) is 6.30. The van der Waals surface area contributed by atoms with Crippen molar-refractivity contribution in [3.05, 3.63) is 45.1 Å². The number of aliphatic hydroxyl groups excluding tert-OH is 1. The molecule has 0 saturated heterocycles. The fraction of sp³-hybridized carbons (Fsp3) is 0.357. The first kappa shape index (κ1) is 16.3. The van der Waals surface area contributed by atoms with E-state index in [4.69, 9.17) is 21.1 Å². The number of halogens is 2. The maximum absolute atomic E-state index is 10.7. The van der Waals surface area contributed by atoms with Crippen molar-refractivity contribution in [1.82, 2.24) is 9.78 Å². The summed E-state index contributed by atoms with van der Waals surface area (Å²) in [6.45, 7) is 1.04. The highest BCUT2D eigenvalue weighted by molar-refractivity contribution is 9.10. The number of aromatic nitrogens is 2. The van der Waals surface area contributed by atoms with Gasteiger partial charge in [0.15, 0.2) is 0 Å². The number of ether oxygens (including phenoxy) is 2. The third-order valence-electron chi connectivity index (χ3n) is 3.09. The normalized spacial score (nSPS) is 12.4. The molecule has 7 heteroatoms. The summed E-state index contributed by atoms with van der Waals surface area (Å²) in [5.41, 5.74) is 1.22. The van der Waals surface area contributed by atoms with Crippen LogP contribution in [0.25, 0.3) is 0 Å². The average Bonchev–Trinajstić information content (AvgIpc) is 2.85. The van der Waals surface area contributed by atoms with Gasteiger partial charge < -0.3 is 14.6 Å². The first-order valence-corrected chi connectivity index (χ1v) is 7.47. The molecule has 1 N–H and O–H groups in total. The quantitative estimate of drug-likeness (QED) is 0.843. The molecule has 1 atom stereocenters. The Morgan fingerprint density at radius 1 is 1.43 bits per heavy atom. The summed E-state index contributed by atoms with van der Waals surface area (Å²) in [7, 11) is 3.17. The van der Waals surface area contributed by atoms with Crippen LogP contribution in [-0.2, 0) is 11.3 Å². The van der Waals surface area contributed by atoms with Crippen molar-refractivity contribution in [2.45, 2.75) is 12.6 Å². The van der Waals surface area contributed by atoms with Gasteiger partial charge in [-0.2, -0.15) is 5.10 Å². The van der Waals surface area contributed by atoms with E-state index < -0.39 is 6.10 Å². The molecule has 0 bridgehead atoms. The van der Waals surface area contributed by atoms with Crippen LogP contribution < -0.4 is 4.74 Å². The first-order chi connectivity index (χ1) is 10.1. The van der Waals surface area contributed by atoms with Crippen LogP contribution >= 0.6 is 27.5 Å². The summed E-state index contributed by atoms with van der Waals surface area (Å²) >= 11 is 9.44. The van der Waals surface area contributed by atoms with E-state index >= 15 is 0 Å². The Bertz CT molecular complexity index is 618. The standard InChI is InChI=1S/C14H16BrClN2O3/c1-20-6-5-18-13(11(15)8-17-18)14(19)10-7-9(16)3-4-12(10)21-2/h3-4,7-8,14,19H,5-6H2,1-2H3. The summed E-state index contributed by atoms with van der Waals surface area (Å²) in [5.74, 6) is 0.568. The van der Waals surface area contributed by atoms with Crippen molar-refractivity contribution in [3.63, 3.8) is 0 Å². The van der Waals surface area contributed by atoms with Gasteiger partial charge in [-0.1, -0.05) is 11.6 Å². The Hall–Kier alpha value is -1.08. The zero-order valence-corrected chi connectivity index (χ0v) is 14.1. The second kappa shape index (κ2) is 7.26. The molecule has 0 spiro atoms. The monoisotopic (exact) mass is 374 g/mol. The van der Waals surface area contributed by atoms with Crippen molar-refractivity contribution in [1.29, 1.82) is 0 Å². The van der Waals surface area contributed by atoms with E-state index in [2.05, 4.69) is 21.0 Å². The van der Waals surface area contributed by atoms with Crippen molar-refractivity contribution >= 4 is 27.5 Å². The van der Waals surface area contributed by atoms with E-state index in [0.29, 0.717) is 39.7 Å². The van der Waals surface area contributed by atoms with Crippen LogP contribution in [0, 0.1) is 0 Å². The third kappa shape index (κ3) is 3.58. The minimum atomic E-state index is -0.910. The van der Waals surface area contributed by atoms with Crippen LogP contribution in [-0.4, -0.2) is 35.7 Å². The lowest BCUT2D eigenvalue weighted by molar-refractivity contribution is 0.170. The van der Waals surface area contributed by atoms with E-state index in [1.165, 1.54) is 0 Å². The van der Waals surface area contributed by atoms with Gasteiger partial charge >= 0.3 is 0 Å². The molecular weight excluding hydrogens is 360 g/mol. The molecule has 1 aromatic heterocycles. The number of hydrogen-bond donors (Lipinski definition) is 1. The number of nitrogens with zero attached hydrogens (tertiary/aromatic N) is 2. The van der Waals surface area contributed by atoms with Crippen LogP contribution in [0.5, 0.6) is 5.75 Å². The molecule has 0 amide bonds. The molecule has 0 saturated carbocycles. The highest BCUT2D eigenvalue weighted by atomic mass is 79.9. The van der Waals surface area contributed by atoms with Crippen molar-refractivity contribution in [2.24, 2.45) is 0 Å². The third-order valence-corrected chi connectivity index (χ3v) is 3.93. The minimum Gasteiger partial charge on any atom is -0.496 e. The smallest absolute Gasteiger partial charge is 0.125 e. The summed E-state index contributed by atoms with van der Waals surface area (Å²) in [6, 6.07) is 5.13. The Morgan fingerprint density at radius 3 is 2.86 bits per heavy atom. The summed E-state index contributed by atoms with van der Waals surface area (Å²) in [4.78, 5) is 0. The number of methoxy groups -OCH3 is 2. The largest absolute Gasteiger partial charge is 0.496 e. The van der Waals surface area contributed by atoms with E-state index in [1.54, 1.807) is 43.3 Å². The van der Waals surface area contributed by atoms with Crippen molar-refractivity contribution in [3.8, 4) is 5.75 Å². The molecule has 2 rings (SSSR count). The molecule has 0 aliphatic rings. The topological polar surface area (TPSA) is 56.5 Å². The lowest BCUT2D eigenvalue weighted by Crippen LogP contribution is -2.14. The summed E-state index contributed by atoms with van der Waals surface area (Å²) in [6.07, 6.45) is 0.734. The Balaban J connectivity index is 2.42. The van der Waals surface area contributed by atoms with E-state index in [1.807, 2.05) is 0 Å². The van der Waals surface area contributed by atoms with Crippen LogP contribution in [0.15, 0.2) is 28.9 Å². The molecule has 0 aliphatic heterocycles. The summed E-state index contributed by atoms with van der Waals surface area (Å²) in [5, 5.41) is 15.5. The second-order valence-corrected chi connectivity index (χ2v) is 5.67. The number of benzene rings is 1. The van der Waals surface area contributed by atoms with Gasteiger partial charge in [0, 0.05) is 17.7 Å². The molecule has 2 aromatic rings. The van der Waals surface area contributed by atoms with E-state index in [0.717, 1.165) is 0 Å². The lowest BCUT2D eigenvalue weighted by atomic mass is 10.1. The zero-order valence-electron chi connectivity index (χ0n) is 11.7. The molecule has 0 aliphatic carbocycles. The molecule has 1 heterocycles. The Morgan fingerprint density at radius 2 is 2.19 bits per heavy atom. The van der Waals surface area contributed by atoms with E-state index in [-0.39, 0.29) is 0 Å². The van der Waals surface area contributed by atoms with Crippen LogP contribution in [0.1, 0.15) is 17.4 Å². The van der Waals surface area contributed by atoms with Gasteiger partial charge in [0.2, 0.25) is 0 Å². The number of aliphatic hydroxyl groups is 1. The molecular formula is C14H16BrClN2O3. The van der Waals surface area contributed by atoms with Gasteiger partial charge in [-0.15, -0.1) is 0 Å². The average molecular weight is 376 g/mol. The molecule has 0 radical (unpaired) electrons.